The maximum absolute atomic E-state index is 12.2. The van der Waals surface area contributed by atoms with Crippen LogP contribution in [0.15, 0.2) is 76.7 Å². The Morgan fingerprint density at radius 1 is 1.07 bits per heavy atom. The first-order valence-corrected chi connectivity index (χ1v) is 10.4. The number of sulfonamides is 1. The average molecular weight is 412 g/mol. The van der Waals surface area contributed by atoms with Gasteiger partial charge in [0, 0.05) is 18.2 Å². The van der Waals surface area contributed by atoms with E-state index in [2.05, 4.69) is 10.3 Å². The molecular formula is C20H20N4O4S. The van der Waals surface area contributed by atoms with Gasteiger partial charge in [-0.05, 0) is 24.1 Å². The van der Waals surface area contributed by atoms with Crippen molar-refractivity contribution in [3.8, 4) is 11.3 Å². The summed E-state index contributed by atoms with van der Waals surface area (Å²) in [4.78, 5) is 28.6. The number of benzene rings is 2. The van der Waals surface area contributed by atoms with Gasteiger partial charge in [-0.1, -0.05) is 42.5 Å². The van der Waals surface area contributed by atoms with Crippen molar-refractivity contribution in [2.75, 3.05) is 6.54 Å². The van der Waals surface area contributed by atoms with Gasteiger partial charge < -0.3 is 5.32 Å². The fourth-order valence-electron chi connectivity index (χ4n) is 2.71. The van der Waals surface area contributed by atoms with Crippen LogP contribution >= 0.6 is 0 Å². The van der Waals surface area contributed by atoms with Crippen LogP contribution in [0.2, 0.25) is 0 Å². The number of carbonyl (C=O) groups excluding carboxylic acids is 1. The SMILES string of the molecule is NS(=O)(=O)c1ccc(CCNC(=O)Cn2cnc(-c3ccccc3)cc2=O)cc1. The molecule has 0 unspecified atom stereocenters. The molecule has 0 bridgehead atoms. The minimum absolute atomic E-state index is 0.0381. The summed E-state index contributed by atoms with van der Waals surface area (Å²) in [5, 5.41) is 7.79. The van der Waals surface area contributed by atoms with E-state index >= 15 is 0 Å². The van der Waals surface area contributed by atoms with Crippen LogP contribution in [0.3, 0.4) is 0 Å². The Labute approximate surface area is 168 Å². The lowest BCUT2D eigenvalue weighted by atomic mass is 10.1. The first-order chi connectivity index (χ1) is 13.8. The van der Waals surface area contributed by atoms with Crippen LogP contribution in [-0.2, 0) is 27.8 Å². The summed E-state index contributed by atoms with van der Waals surface area (Å²) in [5.74, 6) is -0.317. The maximum Gasteiger partial charge on any atom is 0.254 e. The number of aromatic nitrogens is 2. The van der Waals surface area contributed by atoms with Gasteiger partial charge >= 0.3 is 0 Å². The molecule has 0 aliphatic rings. The highest BCUT2D eigenvalue weighted by Crippen LogP contribution is 2.13. The van der Waals surface area contributed by atoms with Crippen molar-refractivity contribution in [3.63, 3.8) is 0 Å². The van der Waals surface area contributed by atoms with Crippen LogP contribution in [0.5, 0.6) is 0 Å². The molecule has 0 saturated heterocycles. The highest BCUT2D eigenvalue weighted by Gasteiger charge is 2.08. The van der Waals surface area contributed by atoms with E-state index in [1.54, 1.807) is 12.1 Å². The van der Waals surface area contributed by atoms with Crippen LogP contribution in [0.1, 0.15) is 5.56 Å². The van der Waals surface area contributed by atoms with Gasteiger partial charge in [-0.2, -0.15) is 0 Å². The van der Waals surface area contributed by atoms with Gasteiger partial charge in [-0.3, -0.25) is 14.2 Å². The van der Waals surface area contributed by atoms with Gasteiger partial charge in [0.2, 0.25) is 15.9 Å². The van der Waals surface area contributed by atoms with Crippen LogP contribution < -0.4 is 16.0 Å². The van der Waals surface area contributed by atoms with E-state index in [9.17, 15) is 18.0 Å². The van der Waals surface area contributed by atoms with Crippen LogP contribution in [0, 0.1) is 0 Å². The van der Waals surface area contributed by atoms with E-state index in [1.165, 1.54) is 29.1 Å². The Hall–Kier alpha value is -3.30. The third-order valence-electron chi connectivity index (χ3n) is 4.25. The van der Waals surface area contributed by atoms with Gasteiger partial charge in [0.1, 0.15) is 6.54 Å². The molecule has 3 rings (SSSR count). The van der Waals surface area contributed by atoms with E-state index in [0.717, 1.165) is 11.1 Å². The molecule has 1 heterocycles. The van der Waals surface area contributed by atoms with Crippen LogP contribution in [-0.4, -0.2) is 30.4 Å². The fraction of sp³-hybridized carbons (Fsp3) is 0.150. The zero-order valence-electron chi connectivity index (χ0n) is 15.5. The quantitative estimate of drug-likeness (QED) is 0.597. The molecule has 0 saturated carbocycles. The molecule has 8 nitrogen and oxygen atoms in total. The third-order valence-corrected chi connectivity index (χ3v) is 5.18. The zero-order valence-corrected chi connectivity index (χ0v) is 16.3. The van der Waals surface area contributed by atoms with Crippen molar-refractivity contribution in [2.24, 2.45) is 5.14 Å². The number of hydrogen-bond acceptors (Lipinski definition) is 5. The monoisotopic (exact) mass is 412 g/mol. The summed E-state index contributed by atoms with van der Waals surface area (Å²) >= 11 is 0. The summed E-state index contributed by atoms with van der Waals surface area (Å²) in [6, 6.07) is 16.8. The second-order valence-corrected chi connectivity index (χ2v) is 7.96. The molecule has 0 atom stereocenters. The normalized spacial score (nSPS) is 11.2. The van der Waals surface area contributed by atoms with Gasteiger partial charge in [0.05, 0.1) is 16.9 Å². The van der Waals surface area contributed by atoms with E-state index in [4.69, 9.17) is 5.14 Å². The summed E-state index contributed by atoms with van der Waals surface area (Å²) in [6.45, 7) is 0.211. The summed E-state index contributed by atoms with van der Waals surface area (Å²) in [6.07, 6.45) is 1.87. The Bertz CT molecular complexity index is 1160. The highest BCUT2D eigenvalue weighted by atomic mass is 32.2. The molecule has 0 aliphatic carbocycles. The third kappa shape index (κ3) is 5.59. The predicted molar refractivity (Wildman–Crippen MR) is 108 cm³/mol. The van der Waals surface area contributed by atoms with Crippen molar-refractivity contribution >= 4 is 15.9 Å². The van der Waals surface area contributed by atoms with Crippen LogP contribution in [0.4, 0.5) is 0 Å². The van der Waals surface area contributed by atoms with Crippen molar-refractivity contribution in [1.82, 2.24) is 14.9 Å². The molecule has 0 aliphatic heterocycles. The molecule has 1 aromatic heterocycles. The van der Waals surface area contributed by atoms with E-state index in [0.29, 0.717) is 18.7 Å². The largest absolute Gasteiger partial charge is 0.354 e. The van der Waals surface area contributed by atoms with Gasteiger partial charge in [0.25, 0.3) is 5.56 Å². The molecule has 3 aromatic rings. The lowest BCUT2D eigenvalue weighted by Crippen LogP contribution is -2.33. The minimum Gasteiger partial charge on any atom is -0.354 e. The number of rotatable bonds is 7. The molecule has 1 amide bonds. The Morgan fingerprint density at radius 2 is 1.76 bits per heavy atom. The van der Waals surface area contributed by atoms with E-state index in [-0.39, 0.29) is 22.9 Å². The van der Waals surface area contributed by atoms with Crippen molar-refractivity contribution in [3.05, 3.63) is 82.9 Å². The lowest BCUT2D eigenvalue weighted by Gasteiger charge is -2.08. The summed E-state index contributed by atoms with van der Waals surface area (Å²) in [5.41, 5.74) is 1.92. The molecule has 150 valence electrons. The Kier molecular flexibility index (Phi) is 6.20. The molecule has 3 N–H and O–H groups in total. The molecule has 0 fully saturated rings. The zero-order chi connectivity index (χ0) is 20.9. The Morgan fingerprint density at radius 3 is 2.38 bits per heavy atom. The van der Waals surface area contributed by atoms with Gasteiger partial charge in [0.15, 0.2) is 0 Å². The fourth-order valence-corrected chi connectivity index (χ4v) is 3.23. The standard InChI is InChI=1S/C20H20N4O4S/c21-29(27,28)17-8-6-15(7-9-17)10-11-22-19(25)13-24-14-23-18(12-20(24)26)16-4-2-1-3-5-16/h1-9,12,14H,10-11,13H2,(H,22,25)(H2,21,27,28). The van der Waals surface area contributed by atoms with Crippen LogP contribution in [0.25, 0.3) is 11.3 Å². The molecule has 9 heteroatoms. The number of nitrogens with zero attached hydrogens (tertiary/aromatic N) is 2. The molecular weight excluding hydrogens is 392 g/mol. The minimum atomic E-state index is -3.72. The first-order valence-electron chi connectivity index (χ1n) is 8.83. The highest BCUT2D eigenvalue weighted by molar-refractivity contribution is 7.89. The molecule has 29 heavy (non-hydrogen) atoms. The number of carbonyl (C=O) groups is 1. The molecule has 0 radical (unpaired) electrons. The summed E-state index contributed by atoms with van der Waals surface area (Å²) < 4.78 is 23.7. The van der Waals surface area contributed by atoms with E-state index < -0.39 is 10.0 Å². The topological polar surface area (TPSA) is 124 Å². The number of hydrogen-bond donors (Lipinski definition) is 2. The van der Waals surface area contributed by atoms with Gasteiger partial charge in [-0.25, -0.2) is 18.5 Å². The average Bonchev–Trinajstić information content (AvgIpc) is 2.70. The molecule has 2 aromatic carbocycles. The van der Waals surface area contributed by atoms with Gasteiger partial charge in [-0.15, -0.1) is 0 Å². The second kappa shape index (κ2) is 8.80. The van der Waals surface area contributed by atoms with E-state index in [1.807, 2.05) is 30.3 Å². The number of amides is 1. The number of primary sulfonamides is 1. The molecule has 0 spiro atoms. The second-order valence-electron chi connectivity index (χ2n) is 6.40. The van der Waals surface area contributed by atoms with Crippen molar-refractivity contribution in [2.45, 2.75) is 17.9 Å². The Balaban J connectivity index is 1.54. The van der Waals surface area contributed by atoms with Crippen molar-refractivity contribution < 1.29 is 13.2 Å². The lowest BCUT2D eigenvalue weighted by molar-refractivity contribution is -0.121. The van der Waals surface area contributed by atoms with Crippen molar-refractivity contribution in [1.29, 1.82) is 0 Å². The predicted octanol–water partition coefficient (Wildman–Crippen LogP) is 0.917. The summed E-state index contributed by atoms with van der Waals surface area (Å²) in [7, 11) is -3.72. The first kappa shape index (κ1) is 20.4. The maximum atomic E-state index is 12.2. The number of nitrogens with one attached hydrogen (secondary N) is 1. The number of nitrogens with two attached hydrogens (primary N) is 1. The smallest absolute Gasteiger partial charge is 0.254 e.